The molecule has 1 heterocycles. The van der Waals surface area contributed by atoms with Gasteiger partial charge in [0.15, 0.2) is 5.96 Å². The van der Waals surface area contributed by atoms with Gasteiger partial charge in [-0.1, -0.05) is 32.0 Å². The fourth-order valence-corrected chi connectivity index (χ4v) is 2.85. The van der Waals surface area contributed by atoms with Crippen LogP contribution in [0.2, 0.25) is 0 Å². The molecule has 0 aliphatic heterocycles. The molecule has 1 aromatic carbocycles. The second-order valence-corrected chi connectivity index (χ2v) is 7.15. The largest absolute Gasteiger partial charge is 0.493 e. The molecule has 24 heavy (non-hydrogen) atoms. The molecule has 0 amide bonds. The number of nitrogens with one attached hydrogen (secondary N) is 1. The van der Waals surface area contributed by atoms with Crippen LogP contribution in [0.25, 0.3) is 0 Å². The molecule has 2 rings (SSSR count). The maximum absolute atomic E-state index is 5.89. The van der Waals surface area contributed by atoms with E-state index in [1.54, 1.807) is 11.3 Å². The molecule has 0 aliphatic rings. The average molecular weight is 346 g/mol. The molecule has 0 saturated carbocycles. The summed E-state index contributed by atoms with van der Waals surface area (Å²) in [5, 5.41) is 5.25. The minimum absolute atomic E-state index is 0.517. The maximum Gasteiger partial charge on any atom is 0.188 e. The molecule has 0 radical (unpaired) electrons. The molecule has 2 aromatic rings. The Morgan fingerprint density at radius 2 is 2.00 bits per heavy atom. The van der Waals surface area contributed by atoms with Crippen molar-refractivity contribution < 1.29 is 4.74 Å². The number of ether oxygens (including phenoxy) is 1. The van der Waals surface area contributed by atoms with Crippen molar-refractivity contribution in [2.24, 2.45) is 16.6 Å². The van der Waals surface area contributed by atoms with Crippen LogP contribution in [-0.2, 0) is 12.8 Å². The topological polar surface area (TPSA) is 59.6 Å². The summed E-state index contributed by atoms with van der Waals surface area (Å²) in [6.45, 7) is 6.54. The number of guanidine groups is 1. The zero-order chi connectivity index (χ0) is 17.2. The van der Waals surface area contributed by atoms with Gasteiger partial charge in [0.1, 0.15) is 5.75 Å². The number of hydrogen-bond acceptors (Lipinski definition) is 3. The van der Waals surface area contributed by atoms with Gasteiger partial charge in [-0.3, -0.25) is 4.99 Å². The minimum Gasteiger partial charge on any atom is -0.493 e. The first-order valence-electron chi connectivity index (χ1n) is 8.41. The molecule has 0 unspecified atom stereocenters. The molecule has 0 aliphatic carbocycles. The summed E-state index contributed by atoms with van der Waals surface area (Å²) in [6.07, 6.45) is 1.85. The third-order valence-corrected chi connectivity index (χ3v) is 4.38. The summed E-state index contributed by atoms with van der Waals surface area (Å²) in [5.74, 6) is 1.98. The van der Waals surface area contributed by atoms with Crippen molar-refractivity contribution in [3.63, 3.8) is 0 Å². The van der Waals surface area contributed by atoms with Crippen molar-refractivity contribution in [3.8, 4) is 5.75 Å². The quantitative estimate of drug-likeness (QED) is 0.540. The van der Waals surface area contributed by atoms with E-state index < -0.39 is 0 Å². The zero-order valence-corrected chi connectivity index (χ0v) is 15.3. The Morgan fingerprint density at radius 1 is 1.21 bits per heavy atom. The first-order chi connectivity index (χ1) is 11.6. The van der Waals surface area contributed by atoms with Crippen molar-refractivity contribution in [2.45, 2.75) is 26.7 Å². The van der Waals surface area contributed by atoms with Crippen molar-refractivity contribution in [3.05, 3.63) is 52.2 Å². The first kappa shape index (κ1) is 18.3. The van der Waals surface area contributed by atoms with Gasteiger partial charge >= 0.3 is 0 Å². The fourth-order valence-electron chi connectivity index (χ4n) is 2.15. The van der Waals surface area contributed by atoms with Gasteiger partial charge in [-0.2, -0.15) is 0 Å². The van der Waals surface area contributed by atoms with Crippen LogP contribution >= 0.6 is 11.3 Å². The summed E-state index contributed by atoms with van der Waals surface area (Å²) >= 11 is 1.75. The highest BCUT2D eigenvalue weighted by Gasteiger charge is 1.99. The molecule has 0 spiro atoms. The van der Waals surface area contributed by atoms with Crippen LogP contribution < -0.4 is 15.8 Å². The van der Waals surface area contributed by atoms with E-state index in [1.165, 1.54) is 10.4 Å². The van der Waals surface area contributed by atoms with Crippen LogP contribution in [0.3, 0.4) is 0 Å². The Bertz CT molecular complexity index is 606. The van der Waals surface area contributed by atoms with E-state index in [0.717, 1.165) is 38.3 Å². The lowest BCUT2D eigenvalue weighted by Crippen LogP contribution is -2.33. The van der Waals surface area contributed by atoms with Gasteiger partial charge in [-0.15, -0.1) is 11.3 Å². The first-order valence-corrected chi connectivity index (χ1v) is 9.29. The van der Waals surface area contributed by atoms with Crippen LogP contribution in [0.4, 0.5) is 0 Å². The lowest BCUT2D eigenvalue weighted by Gasteiger charge is -2.09. The zero-order valence-electron chi connectivity index (χ0n) is 14.5. The van der Waals surface area contributed by atoms with E-state index in [4.69, 9.17) is 10.5 Å². The van der Waals surface area contributed by atoms with Gasteiger partial charge in [0, 0.05) is 24.4 Å². The Morgan fingerprint density at radius 3 is 2.67 bits per heavy atom. The van der Waals surface area contributed by atoms with Gasteiger partial charge in [0.2, 0.25) is 0 Å². The van der Waals surface area contributed by atoms with Crippen molar-refractivity contribution in [2.75, 3.05) is 19.7 Å². The second-order valence-electron chi connectivity index (χ2n) is 6.12. The predicted octanol–water partition coefficient (Wildman–Crippen LogP) is 3.47. The van der Waals surface area contributed by atoms with Crippen LogP contribution in [0.5, 0.6) is 5.75 Å². The van der Waals surface area contributed by atoms with Crippen LogP contribution in [-0.4, -0.2) is 25.7 Å². The van der Waals surface area contributed by atoms with E-state index in [0.29, 0.717) is 11.9 Å². The highest BCUT2D eigenvalue weighted by atomic mass is 32.1. The van der Waals surface area contributed by atoms with E-state index in [-0.39, 0.29) is 0 Å². The highest BCUT2D eigenvalue weighted by molar-refractivity contribution is 7.09. The molecule has 1 aromatic heterocycles. The number of thiophene rings is 1. The fraction of sp³-hybridized carbons (Fsp3) is 0.421. The molecule has 4 nitrogen and oxygen atoms in total. The Kier molecular flexibility index (Phi) is 7.62. The SMILES string of the molecule is CC(C)COc1ccc(CCNC(N)=NCCc2cccs2)cc1. The average Bonchev–Trinajstić information content (AvgIpc) is 3.07. The number of benzene rings is 1. The second kappa shape index (κ2) is 9.98. The highest BCUT2D eigenvalue weighted by Crippen LogP contribution is 2.13. The number of nitrogens with zero attached hydrogens (tertiary/aromatic N) is 1. The maximum atomic E-state index is 5.89. The van der Waals surface area contributed by atoms with Gasteiger partial charge in [-0.05, 0) is 41.5 Å². The minimum atomic E-state index is 0.517. The standard InChI is InChI=1S/C19H27N3OS/c1-15(2)14-23-17-7-5-16(6-8-17)9-11-21-19(20)22-12-10-18-4-3-13-24-18/h3-8,13,15H,9-12,14H2,1-2H3,(H3,20,21,22). The molecule has 0 atom stereocenters. The monoisotopic (exact) mass is 345 g/mol. The lowest BCUT2D eigenvalue weighted by atomic mass is 10.1. The summed E-state index contributed by atoms with van der Waals surface area (Å²) in [6, 6.07) is 12.4. The molecule has 130 valence electrons. The van der Waals surface area contributed by atoms with E-state index in [1.807, 2.05) is 12.1 Å². The van der Waals surface area contributed by atoms with Crippen molar-refractivity contribution in [1.82, 2.24) is 5.32 Å². The number of hydrogen-bond donors (Lipinski definition) is 2. The molecule has 0 saturated heterocycles. The third kappa shape index (κ3) is 7.04. The molecular weight excluding hydrogens is 318 g/mol. The van der Waals surface area contributed by atoms with E-state index in [2.05, 4.69) is 53.8 Å². The number of rotatable bonds is 9. The molecule has 3 N–H and O–H groups in total. The van der Waals surface area contributed by atoms with E-state index in [9.17, 15) is 0 Å². The summed E-state index contributed by atoms with van der Waals surface area (Å²) < 4.78 is 5.69. The predicted molar refractivity (Wildman–Crippen MR) is 103 cm³/mol. The molecular formula is C19H27N3OS. The van der Waals surface area contributed by atoms with Gasteiger partial charge in [-0.25, -0.2) is 0 Å². The summed E-state index contributed by atoms with van der Waals surface area (Å²) in [5.41, 5.74) is 7.15. The number of nitrogens with two attached hydrogens (primary N) is 1. The van der Waals surface area contributed by atoms with Crippen molar-refractivity contribution >= 4 is 17.3 Å². The number of aliphatic imine (C=N–C) groups is 1. The van der Waals surface area contributed by atoms with Gasteiger partial charge < -0.3 is 15.8 Å². The lowest BCUT2D eigenvalue weighted by molar-refractivity contribution is 0.271. The van der Waals surface area contributed by atoms with Crippen molar-refractivity contribution in [1.29, 1.82) is 0 Å². The van der Waals surface area contributed by atoms with E-state index >= 15 is 0 Å². The molecule has 0 fully saturated rings. The van der Waals surface area contributed by atoms with Gasteiger partial charge in [0.05, 0.1) is 6.61 Å². The summed E-state index contributed by atoms with van der Waals surface area (Å²) in [4.78, 5) is 5.69. The van der Waals surface area contributed by atoms with Crippen LogP contribution in [0, 0.1) is 5.92 Å². The Labute approximate surface area is 148 Å². The summed E-state index contributed by atoms with van der Waals surface area (Å²) in [7, 11) is 0. The third-order valence-electron chi connectivity index (χ3n) is 3.45. The molecule has 0 bridgehead atoms. The smallest absolute Gasteiger partial charge is 0.188 e. The Balaban J connectivity index is 1.65. The normalized spacial score (nSPS) is 11.7. The molecule has 5 heteroatoms. The van der Waals surface area contributed by atoms with Crippen LogP contribution in [0.15, 0.2) is 46.8 Å². The van der Waals surface area contributed by atoms with Gasteiger partial charge in [0.25, 0.3) is 0 Å². The Hall–Kier alpha value is -2.01. The van der Waals surface area contributed by atoms with Crippen LogP contribution in [0.1, 0.15) is 24.3 Å².